The van der Waals surface area contributed by atoms with Crippen molar-refractivity contribution in [3.8, 4) is 11.5 Å². The highest BCUT2D eigenvalue weighted by atomic mass is 79.9. The van der Waals surface area contributed by atoms with E-state index in [-0.39, 0.29) is 5.78 Å². The Morgan fingerprint density at radius 1 is 1.47 bits per heavy atom. The zero-order valence-electron chi connectivity index (χ0n) is 10.2. The number of Topliss-reactive ketones (excluding diaryl/α,β-unsaturated/α-hetero) is 1. The molecule has 0 aliphatic rings. The molecule has 0 bridgehead atoms. The summed E-state index contributed by atoms with van der Waals surface area (Å²) in [4.78, 5) is 11.8. The van der Waals surface area contributed by atoms with Crippen molar-refractivity contribution >= 4 is 21.7 Å². The van der Waals surface area contributed by atoms with Gasteiger partial charge in [0.1, 0.15) is 0 Å². The molecule has 0 spiro atoms. The van der Waals surface area contributed by atoms with E-state index in [0.717, 1.165) is 0 Å². The van der Waals surface area contributed by atoms with Crippen molar-refractivity contribution in [1.29, 1.82) is 0 Å². The second-order valence-corrected chi connectivity index (χ2v) is 4.23. The van der Waals surface area contributed by atoms with Crippen LogP contribution in [0.2, 0.25) is 0 Å². The first-order valence-electron chi connectivity index (χ1n) is 5.32. The van der Waals surface area contributed by atoms with Crippen LogP contribution in [0.25, 0.3) is 0 Å². The highest BCUT2D eigenvalue weighted by Gasteiger charge is 2.14. The van der Waals surface area contributed by atoms with Gasteiger partial charge in [-0.1, -0.05) is 0 Å². The van der Waals surface area contributed by atoms with Crippen molar-refractivity contribution in [3.63, 3.8) is 0 Å². The Kier molecular flexibility index (Phi) is 5.44. The molecule has 0 aliphatic heterocycles. The minimum Gasteiger partial charge on any atom is -0.492 e. The van der Waals surface area contributed by atoms with Gasteiger partial charge in [0.15, 0.2) is 17.3 Å². The molecule has 1 aromatic carbocycles. The zero-order chi connectivity index (χ0) is 12.8. The molecule has 0 saturated carbocycles. The molecule has 0 aromatic heterocycles. The van der Waals surface area contributed by atoms with E-state index in [4.69, 9.17) is 9.47 Å². The number of methoxy groups -OCH3 is 1. The lowest BCUT2D eigenvalue weighted by Crippen LogP contribution is -2.18. The van der Waals surface area contributed by atoms with Gasteiger partial charge in [-0.15, -0.1) is 0 Å². The second-order valence-electron chi connectivity index (χ2n) is 3.38. The average Bonchev–Trinajstić information content (AvgIpc) is 2.29. The predicted octanol–water partition coefficient (Wildman–Crippen LogP) is 2.26. The maximum Gasteiger partial charge on any atom is 0.176 e. The summed E-state index contributed by atoms with van der Waals surface area (Å²) in [5, 5.41) is 2.83. The third kappa shape index (κ3) is 3.44. The van der Waals surface area contributed by atoms with E-state index in [0.29, 0.717) is 34.7 Å². The van der Waals surface area contributed by atoms with E-state index in [1.54, 1.807) is 26.3 Å². The van der Waals surface area contributed by atoms with Crippen LogP contribution in [-0.4, -0.2) is 33.1 Å². The summed E-state index contributed by atoms with van der Waals surface area (Å²) in [7, 11) is 3.30. The van der Waals surface area contributed by atoms with Gasteiger partial charge in [0.2, 0.25) is 0 Å². The molecular weight excluding hydrogens is 286 g/mol. The second kappa shape index (κ2) is 6.61. The molecule has 0 atom stereocenters. The number of hydrogen-bond donors (Lipinski definition) is 1. The normalized spacial score (nSPS) is 10.1. The number of carbonyl (C=O) groups is 1. The molecule has 0 fully saturated rings. The van der Waals surface area contributed by atoms with Crippen LogP contribution in [0.3, 0.4) is 0 Å². The Balaban J connectivity index is 3.14. The molecule has 4 nitrogen and oxygen atoms in total. The summed E-state index contributed by atoms with van der Waals surface area (Å²) >= 11 is 3.37. The number of nitrogens with one attached hydrogen (secondary N) is 1. The monoisotopic (exact) mass is 301 g/mol. The van der Waals surface area contributed by atoms with Crippen LogP contribution >= 0.6 is 15.9 Å². The Labute approximate surface area is 109 Å². The van der Waals surface area contributed by atoms with E-state index in [1.807, 2.05) is 6.92 Å². The van der Waals surface area contributed by atoms with Crippen molar-refractivity contribution in [2.75, 3.05) is 27.3 Å². The van der Waals surface area contributed by atoms with Gasteiger partial charge in [-0.25, -0.2) is 0 Å². The first-order valence-corrected chi connectivity index (χ1v) is 6.11. The Bertz CT molecular complexity index is 407. The van der Waals surface area contributed by atoms with E-state index in [9.17, 15) is 4.79 Å². The quantitative estimate of drug-likeness (QED) is 0.819. The number of rotatable bonds is 6. The number of halogens is 1. The zero-order valence-corrected chi connectivity index (χ0v) is 11.8. The lowest BCUT2D eigenvalue weighted by Gasteiger charge is -2.12. The maximum atomic E-state index is 11.8. The number of carbonyl (C=O) groups excluding carboxylic acids is 1. The van der Waals surface area contributed by atoms with Gasteiger partial charge in [-0.05, 0) is 42.0 Å². The summed E-state index contributed by atoms with van der Waals surface area (Å²) in [6.07, 6.45) is 0. The molecule has 0 heterocycles. The van der Waals surface area contributed by atoms with Crippen molar-refractivity contribution in [3.05, 3.63) is 22.2 Å². The summed E-state index contributed by atoms with van der Waals surface area (Å²) in [6, 6.07) is 3.44. The molecule has 5 heteroatoms. The number of ether oxygens (including phenoxy) is 2. The van der Waals surface area contributed by atoms with Crippen molar-refractivity contribution in [2.45, 2.75) is 6.92 Å². The Morgan fingerprint density at radius 2 is 2.18 bits per heavy atom. The van der Waals surface area contributed by atoms with Crippen LogP contribution in [0.5, 0.6) is 11.5 Å². The van der Waals surface area contributed by atoms with Crippen LogP contribution in [0.1, 0.15) is 17.3 Å². The number of benzene rings is 1. The van der Waals surface area contributed by atoms with Crippen LogP contribution in [0.4, 0.5) is 0 Å². The summed E-state index contributed by atoms with van der Waals surface area (Å²) in [5.74, 6) is 1.19. The highest BCUT2D eigenvalue weighted by Crippen LogP contribution is 2.36. The van der Waals surface area contributed by atoms with Gasteiger partial charge in [0, 0.05) is 5.56 Å². The maximum absolute atomic E-state index is 11.8. The third-order valence-electron chi connectivity index (χ3n) is 2.17. The third-order valence-corrected chi connectivity index (χ3v) is 2.76. The highest BCUT2D eigenvalue weighted by molar-refractivity contribution is 9.10. The van der Waals surface area contributed by atoms with Gasteiger partial charge in [-0.2, -0.15) is 0 Å². The van der Waals surface area contributed by atoms with Crippen LogP contribution in [0.15, 0.2) is 16.6 Å². The van der Waals surface area contributed by atoms with E-state index in [1.165, 1.54) is 0 Å². The fraction of sp³-hybridized carbons (Fsp3) is 0.417. The molecule has 0 amide bonds. The van der Waals surface area contributed by atoms with Crippen LogP contribution in [-0.2, 0) is 0 Å². The molecule has 0 saturated heterocycles. The minimum absolute atomic E-state index is 0.0109. The molecule has 0 radical (unpaired) electrons. The Hall–Kier alpha value is -1.07. The van der Waals surface area contributed by atoms with Crippen LogP contribution in [0, 0.1) is 0 Å². The lowest BCUT2D eigenvalue weighted by molar-refractivity contribution is 0.0993. The molecule has 17 heavy (non-hydrogen) atoms. The van der Waals surface area contributed by atoms with Gasteiger partial charge in [0.05, 0.1) is 24.7 Å². The first-order chi connectivity index (χ1) is 8.13. The van der Waals surface area contributed by atoms with Crippen molar-refractivity contribution in [1.82, 2.24) is 5.32 Å². The summed E-state index contributed by atoms with van der Waals surface area (Å²) in [6.45, 7) is 2.70. The molecule has 94 valence electrons. The van der Waals surface area contributed by atoms with E-state index < -0.39 is 0 Å². The van der Waals surface area contributed by atoms with Crippen molar-refractivity contribution in [2.24, 2.45) is 0 Å². The molecule has 0 aliphatic carbocycles. The largest absolute Gasteiger partial charge is 0.492 e. The van der Waals surface area contributed by atoms with Gasteiger partial charge in [-0.3, -0.25) is 4.79 Å². The molecule has 0 unspecified atom stereocenters. The molecular formula is C12H16BrNO3. The van der Waals surface area contributed by atoms with Crippen LogP contribution < -0.4 is 14.8 Å². The SMILES string of the molecule is CCOc1cc(C(=O)CNC)cc(Br)c1OC. The topological polar surface area (TPSA) is 47.6 Å². The van der Waals surface area contributed by atoms with Gasteiger partial charge in [0.25, 0.3) is 0 Å². The summed E-state index contributed by atoms with van der Waals surface area (Å²) < 4.78 is 11.4. The van der Waals surface area contributed by atoms with E-state index in [2.05, 4.69) is 21.2 Å². The van der Waals surface area contributed by atoms with Gasteiger partial charge >= 0.3 is 0 Å². The minimum atomic E-state index is 0.0109. The molecule has 1 rings (SSSR count). The number of hydrogen-bond acceptors (Lipinski definition) is 4. The molecule has 1 aromatic rings. The number of likely N-dealkylation sites (N-methyl/N-ethyl adjacent to an activating group) is 1. The Morgan fingerprint density at radius 3 is 2.71 bits per heavy atom. The van der Waals surface area contributed by atoms with E-state index >= 15 is 0 Å². The lowest BCUT2D eigenvalue weighted by atomic mass is 10.1. The fourth-order valence-electron chi connectivity index (χ4n) is 1.45. The molecule has 1 N–H and O–H groups in total. The fourth-order valence-corrected chi connectivity index (χ4v) is 2.06. The predicted molar refractivity (Wildman–Crippen MR) is 70.1 cm³/mol. The standard InChI is InChI=1S/C12H16BrNO3/c1-4-17-11-6-8(10(15)7-14-2)5-9(13)12(11)16-3/h5-6,14H,4,7H2,1-3H3. The smallest absolute Gasteiger partial charge is 0.176 e. The van der Waals surface area contributed by atoms with Crippen molar-refractivity contribution < 1.29 is 14.3 Å². The number of ketones is 1. The van der Waals surface area contributed by atoms with Gasteiger partial charge < -0.3 is 14.8 Å². The average molecular weight is 302 g/mol. The first kappa shape index (κ1) is 14.0. The summed E-state index contributed by atoms with van der Waals surface area (Å²) in [5.41, 5.74) is 0.593.